The number of carbonyl (C=O) groups is 2. The number of halogens is 1. The first-order valence-corrected chi connectivity index (χ1v) is 10.7. The third-order valence-corrected chi connectivity index (χ3v) is 5.97. The van der Waals surface area contributed by atoms with Crippen LogP contribution in [0.5, 0.6) is 5.75 Å². The molecule has 2 aliphatic rings. The van der Waals surface area contributed by atoms with E-state index in [1.807, 2.05) is 24.3 Å². The second-order valence-electron chi connectivity index (χ2n) is 7.96. The fourth-order valence-corrected chi connectivity index (χ4v) is 4.29. The number of rotatable bonds is 4. The molecular weight excluding hydrogens is 400 g/mol. The summed E-state index contributed by atoms with van der Waals surface area (Å²) in [6.07, 6.45) is 6.09. The molecule has 0 radical (unpaired) electrons. The highest BCUT2D eigenvalue weighted by Crippen LogP contribution is 2.35. The van der Waals surface area contributed by atoms with Crippen LogP contribution in [0.15, 0.2) is 54.3 Å². The number of anilines is 1. The Labute approximate surface area is 181 Å². The molecule has 2 atom stereocenters. The summed E-state index contributed by atoms with van der Waals surface area (Å²) >= 11 is 6.06. The Balaban J connectivity index is 1.57. The van der Waals surface area contributed by atoms with Crippen LogP contribution in [0.25, 0.3) is 6.08 Å². The molecule has 1 aliphatic carbocycles. The lowest BCUT2D eigenvalue weighted by Crippen LogP contribution is -2.48. The number of para-hydroxylation sites is 2. The van der Waals surface area contributed by atoms with E-state index in [4.69, 9.17) is 16.3 Å². The second-order valence-corrected chi connectivity index (χ2v) is 8.40. The molecule has 0 spiro atoms. The standard InChI is InChI=1S/C24H25ClN2O3/c1-16-7-2-3-10-19(16)26-23(28)15-27-20-11-4-5-12-21(20)30-22(24(27)29)14-17-8-6-9-18(25)13-17/h4-6,8-9,11-14,16,19H,2-3,7,10,15H2,1H3,(H,26,28)/b22-14+/t16-,19+/m1/s1. The maximum Gasteiger partial charge on any atom is 0.294 e. The van der Waals surface area contributed by atoms with E-state index < -0.39 is 0 Å². The molecule has 1 saturated carbocycles. The SMILES string of the molecule is C[C@@H]1CCCC[C@@H]1NC(=O)CN1C(=O)/C(=C\c2cccc(Cl)c2)Oc2ccccc21. The number of nitrogens with one attached hydrogen (secondary N) is 1. The van der Waals surface area contributed by atoms with Gasteiger partial charge in [0.15, 0.2) is 11.5 Å². The fraction of sp³-hybridized carbons (Fsp3) is 0.333. The molecule has 0 bridgehead atoms. The van der Waals surface area contributed by atoms with Crippen molar-refractivity contribution in [3.05, 3.63) is 64.9 Å². The molecule has 2 amide bonds. The first kappa shape index (κ1) is 20.5. The van der Waals surface area contributed by atoms with E-state index in [2.05, 4.69) is 12.2 Å². The van der Waals surface area contributed by atoms with E-state index in [-0.39, 0.29) is 30.2 Å². The van der Waals surface area contributed by atoms with E-state index in [0.29, 0.717) is 22.4 Å². The average molecular weight is 425 g/mol. The van der Waals surface area contributed by atoms with Gasteiger partial charge in [0.2, 0.25) is 5.91 Å². The molecule has 5 nitrogen and oxygen atoms in total. The van der Waals surface area contributed by atoms with Crippen molar-refractivity contribution in [3.8, 4) is 5.75 Å². The molecule has 1 fully saturated rings. The molecule has 1 heterocycles. The number of amides is 2. The summed E-state index contributed by atoms with van der Waals surface area (Å²) in [7, 11) is 0. The highest BCUT2D eigenvalue weighted by molar-refractivity contribution is 6.30. The van der Waals surface area contributed by atoms with Gasteiger partial charge >= 0.3 is 0 Å². The van der Waals surface area contributed by atoms with Gasteiger partial charge in [0.25, 0.3) is 5.91 Å². The third-order valence-electron chi connectivity index (χ3n) is 5.74. The van der Waals surface area contributed by atoms with Crippen molar-refractivity contribution in [2.75, 3.05) is 11.4 Å². The number of carbonyl (C=O) groups excluding carboxylic acids is 2. The van der Waals surface area contributed by atoms with Crippen LogP contribution in [0, 0.1) is 5.92 Å². The molecule has 6 heteroatoms. The number of fused-ring (bicyclic) bond motifs is 1. The third kappa shape index (κ3) is 4.51. The van der Waals surface area contributed by atoms with Crippen LogP contribution in [0.3, 0.4) is 0 Å². The van der Waals surface area contributed by atoms with Gasteiger partial charge in [-0.25, -0.2) is 0 Å². The van der Waals surface area contributed by atoms with E-state index in [1.54, 1.807) is 30.3 Å². The van der Waals surface area contributed by atoms with Crippen LogP contribution in [0.1, 0.15) is 38.2 Å². The van der Waals surface area contributed by atoms with Crippen LogP contribution in [0.2, 0.25) is 5.02 Å². The lowest BCUT2D eigenvalue weighted by Gasteiger charge is -2.32. The normalized spacial score (nSPS) is 22.4. The van der Waals surface area contributed by atoms with E-state index >= 15 is 0 Å². The molecule has 0 saturated heterocycles. The number of hydrogen-bond donors (Lipinski definition) is 1. The van der Waals surface area contributed by atoms with Gasteiger partial charge in [-0.1, -0.05) is 55.6 Å². The Hall–Kier alpha value is -2.79. The highest BCUT2D eigenvalue weighted by atomic mass is 35.5. The topological polar surface area (TPSA) is 58.6 Å². The zero-order valence-electron chi connectivity index (χ0n) is 16.9. The molecule has 0 unspecified atom stereocenters. The smallest absolute Gasteiger partial charge is 0.294 e. The molecule has 4 rings (SSSR count). The van der Waals surface area contributed by atoms with Gasteiger partial charge in [-0.05, 0) is 54.7 Å². The van der Waals surface area contributed by atoms with Gasteiger partial charge in [0.1, 0.15) is 6.54 Å². The highest BCUT2D eigenvalue weighted by Gasteiger charge is 2.32. The second kappa shape index (κ2) is 8.92. The Morgan fingerprint density at radius 3 is 2.80 bits per heavy atom. The van der Waals surface area contributed by atoms with Crippen molar-refractivity contribution in [2.24, 2.45) is 5.92 Å². The van der Waals surface area contributed by atoms with Crippen molar-refractivity contribution in [3.63, 3.8) is 0 Å². The van der Waals surface area contributed by atoms with Crippen molar-refractivity contribution in [2.45, 2.75) is 38.6 Å². The number of ether oxygens (including phenoxy) is 1. The molecule has 1 aliphatic heterocycles. The minimum atomic E-state index is -0.347. The van der Waals surface area contributed by atoms with Crippen LogP contribution >= 0.6 is 11.6 Å². The van der Waals surface area contributed by atoms with Gasteiger partial charge in [-0.15, -0.1) is 0 Å². The summed E-state index contributed by atoms with van der Waals surface area (Å²) in [5, 5.41) is 3.70. The van der Waals surface area contributed by atoms with E-state index in [9.17, 15) is 9.59 Å². The number of benzene rings is 2. The largest absolute Gasteiger partial charge is 0.449 e. The Morgan fingerprint density at radius 2 is 2.00 bits per heavy atom. The monoisotopic (exact) mass is 424 g/mol. The summed E-state index contributed by atoms with van der Waals surface area (Å²) in [4.78, 5) is 27.5. The van der Waals surface area contributed by atoms with Crippen LogP contribution < -0.4 is 15.0 Å². The minimum Gasteiger partial charge on any atom is -0.449 e. The van der Waals surface area contributed by atoms with Crippen molar-refractivity contribution in [1.29, 1.82) is 0 Å². The molecule has 30 heavy (non-hydrogen) atoms. The summed E-state index contributed by atoms with van der Waals surface area (Å²) < 4.78 is 5.86. The Kier molecular flexibility index (Phi) is 6.09. The molecule has 2 aromatic rings. The molecule has 156 valence electrons. The van der Waals surface area contributed by atoms with Crippen molar-refractivity contribution in [1.82, 2.24) is 5.32 Å². The predicted octanol–water partition coefficient (Wildman–Crippen LogP) is 4.80. The lowest BCUT2D eigenvalue weighted by molar-refractivity contribution is -0.124. The number of hydrogen-bond acceptors (Lipinski definition) is 3. The van der Waals surface area contributed by atoms with Gasteiger partial charge in [-0.2, -0.15) is 0 Å². The summed E-state index contributed by atoms with van der Waals surface area (Å²) in [6, 6.07) is 14.6. The fourth-order valence-electron chi connectivity index (χ4n) is 4.09. The maximum atomic E-state index is 13.2. The zero-order chi connectivity index (χ0) is 21.1. The zero-order valence-corrected chi connectivity index (χ0v) is 17.7. The van der Waals surface area contributed by atoms with E-state index in [1.165, 1.54) is 11.3 Å². The summed E-state index contributed by atoms with van der Waals surface area (Å²) in [5.41, 5.74) is 1.35. The van der Waals surface area contributed by atoms with Gasteiger partial charge in [-0.3, -0.25) is 14.5 Å². The lowest BCUT2D eigenvalue weighted by atomic mass is 9.86. The average Bonchev–Trinajstić information content (AvgIpc) is 2.73. The van der Waals surface area contributed by atoms with Crippen molar-refractivity contribution < 1.29 is 14.3 Å². The first-order valence-electron chi connectivity index (χ1n) is 10.4. The van der Waals surface area contributed by atoms with E-state index in [0.717, 1.165) is 24.8 Å². The molecule has 0 aromatic heterocycles. The predicted molar refractivity (Wildman–Crippen MR) is 118 cm³/mol. The van der Waals surface area contributed by atoms with Crippen molar-refractivity contribution >= 4 is 35.2 Å². The van der Waals surface area contributed by atoms with Gasteiger partial charge < -0.3 is 10.1 Å². The van der Waals surface area contributed by atoms with Gasteiger partial charge in [0, 0.05) is 11.1 Å². The van der Waals surface area contributed by atoms with Crippen LogP contribution in [-0.4, -0.2) is 24.4 Å². The quantitative estimate of drug-likeness (QED) is 0.717. The molecular formula is C24H25ClN2O3. The van der Waals surface area contributed by atoms with Crippen LogP contribution in [0.4, 0.5) is 5.69 Å². The first-order chi connectivity index (χ1) is 14.5. The molecule has 2 aromatic carbocycles. The maximum absolute atomic E-state index is 13.2. The molecule has 1 N–H and O–H groups in total. The Morgan fingerprint density at radius 1 is 1.20 bits per heavy atom. The minimum absolute atomic E-state index is 0.0463. The number of nitrogens with zero attached hydrogens (tertiary/aromatic N) is 1. The van der Waals surface area contributed by atoms with Crippen LogP contribution in [-0.2, 0) is 9.59 Å². The summed E-state index contributed by atoms with van der Waals surface area (Å²) in [5.74, 6) is 0.661. The summed E-state index contributed by atoms with van der Waals surface area (Å²) in [6.45, 7) is 2.13. The van der Waals surface area contributed by atoms with Gasteiger partial charge in [0.05, 0.1) is 5.69 Å². The Bertz CT molecular complexity index is 988.